The molecular formula is C22H21NO7. The van der Waals surface area contributed by atoms with Crippen LogP contribution in [0.3, 0.4) is 0 Å². The zero-order valence-electron chi connectivity index (χ0n) is 16.4. The molecule has 1 aromatic carbocycles. The Morgan fingerprint density at radius 1 is 1.23 bits per heavy atom. The lowest BCUT2D eigenvalue weighted by atomic mass is 9.94. The molecule has 2 aliphatic heterocycles. The summed E-state index contributed by atoms with van der Waals surface area (Å²) in [6, 6.07) is 8.60. The predicted molar refractivity (Wildman–Crippen MR) is 104 cm³/mol. The number of rotatable bonds is 6. The van der Waals surface area contributed by atoms with Crippen molar-refractivity contribution < 1.29 is 33.4 Å². The SMILES string of the molecule is COC(=O)c1ccc([C@H]2C(C(=O)c3ccco3)=C(O)C(=O)N2C[C@@H]2CCCO2)cc1. The van der Waals surface area contributed by atoms with E-state index in [0.29, 0.717) is 17.7 Å². The third-order valence-corrected chi connectivity index (χ3v) is 5.37. The van der Waals surface area contributed by atoms with Gasteiger partial charge in [0.25, 0.3) is 5.91 Å². The molecule has 1 fully saturated rings. The lowest BCUT2D eigenvalue weighted by Crippen LogP contribution is -2.37. The van der Waals surface area contributed by atoms with Gasteiger partial charge in [0.15, 0.2) is 11.5 Å². The molecule has 2 aromatic rings. The standard InChI is InChI=1S/C22H21NO7/c1-28-22(27)14-8-6-13(7-9-14)18-17(19(24)16-5-3-11-30-16)20(25)21(26)23(18)12-15-4-2-10-29-15/h3,5-9,11,15,18,25H,2,4,10,12H2,1H3/t15-,18-/m0/s1. The Labute approximate surface area is 172 Å². The van der Waals surface area contributed by atoms with Gasteiger partial charge >= 0.3 is 5.97 Å². The van der Waals surface area contributed by atoms with Crippen molar-refractivity contribution in [1.29, 1.82) is 0 Å². The topological polar surface area (TPSA) is 106 Å². The fourth-order valence-corrected chi connectivity index (χ4v) is 3.89. The maximum absolute atomic E-state index is 13.1. The van der Waals surface area contributed by atoms with Gasteiger partial charge in [-0.2, -0.15) is 0 Å². The first kappa shape index (κ1) is 19.9. The largest absolute Gasteiger partial charge is 0.503 e. The minimum absolute atomic E-state index is 0.0273. The van der Waals surface area contributed by atoms with Gasteiger partial charge in [0.05, 0.1) is 36.7 Å². The molecule has 3 heterocycles. The van der Waals surface area contributed by atoms with Crippen LogP contribution in [0, 0.1) is 0 Å². The Morgan fingerprint density at radius 2 is 2.00 bits per heavy atom. The number of ether oxygens (including phenoxy) is 2. The van der Waals surface area contributed by atoms with Crippen molar-refractivity contribution in [3.63, 3.8) is 0 Å². The average Bonchev–Trinajstić information content (AvgIpc) is 3.52. The summed E-state index contributed by atoms with van der Waals surface area (Å²) in [6.07, 6.45) is 2.87. The van der Waals surface area contributed by atoms with Crippen molar-refractivity contribution in [1.82, 2.24) is 4.90 Å². The van der Waals surface area contributed by atoms with Crippen LogP contribution in [0.5, 0.6) is 0 Å². The molecular weight excluding hydrogens is 390 g/mol. The van der Waals surface area contributed by atoms with Crippen molar-refractivity contribution in [3.8, 4) is 0 Å². The van der Waals surface area contributed by atoms with Crippen LogP contribution in [0.25, 0.3) is 0 Å². The van der Waals surface area contributed by atoms with Gasteiger partial charge < -0.3 is 23.9 Å². The summed E-state index contributed by atoms with van der Waals surface area (Å²) in [7, 11) is 1.29. The van der Waals surface area contributed by atoms with Gasteiger partial charge in [-0.05, 0) is 42.7 Å². The highest BCUT2D eigenvalue weighted by atomic mass is 16.5. The van der Waals surface area contributed by atoms with Crippen molar-refractivity contribution >= 4 is 17.7 Å². The molecule has 8 nitrogen and oxygen atoms in total. The van der Waals surface area contributed by atoms with Gasteiger partial charge in [-0.1, -0.05) is 12.1 Å². The van der Waals surface area contributed by atoms with Crippen LogP contribution >= 0.6 is 0 Å². The van der Waals surface area contributed by atoms with E-state index in [0.717, 1.165) is 12.8 Å². The first-order valence-electron chi connectivity index (χ1n) is 9.63. The second-order valence-corrected chi connectivity index (χ2v) is 7.18. The maximum Gasteiger partial charge on any atom is 0.337 e. The van der Waals surface area contributed by atoms with Crippen LogP contribution in [0.1, 0.15) is 45.4 Å². The maximum atomic E-state index is 13.1. The van der Waals surface area contributed by atoms with E-state index in [2.05, 4.69) is 0 Å². The van der Waals surface area contributed by atoms with E-state index < -0.39 is 29.5 Å². The molecule has 30 heavy (non-hydrogen) atoms. The van der Waals surface area contributed by atoms with E-state index in [-0.39, 0.29) is 24.0 Å². The Hall–Kier alpha value is -3.39. The van der Waals surface area contributed by atoms with E-state index in [4.69, 9.17) is 13.9 Å². The number of benzene rings is 1. The van der Waals surface area contributed by atoms with Crippen molar-refractivity contribution in [2.24, 2.45) is 0 Å². The van der Waals surface area contributed by atoms with Gasteiger partial charge in [-0.15, -0.1) is 0 Å². The van der Waals surface area contributed by atoms with E-state index in [9.17, 15) is 19.5 Å². The number of furan rings is 1. The molecule has 0 bridgehead atoms. The summed E-state index contributed by atoms with van der Waals surface area (Å²) in [5.41, 5.74) is 0.857. The molecule has 4 rings (SSSR count). The number of nitrogens with zero attached hydrogens (tertiary/aromatic N) is 1. The van der Waals surface area contributed by atoms with E-state index >= 15 is 0 Å². The van der Waals surface area contributed by atoms with Crippen LogP contribution < -0.4 is 0 Å². The molecule has 2 aliphatic rings. The predicted octanol–water partition coefficient (Wildman–Crippen LogP) is 2.82. The third-order valence-electron chi connectivity index (χ3n) is 5.37. The van der Waals surface area contributed by atoms with E-state index in [1.165, 1.54) is 24.3 Å². The first-order valence-corrected chi connectivity index (χ1v) is 9.63. The Balaban J connectivity index is 1.73. The Kier molecular flexibility index (Phi) is 5.41. The summed E-state index contributed by atoms with van der Waals surface area (Å²) in [5.74, 6) is -2.27. The van der Waals surface area contributed by atoms with Crippen LogP contribution in [0.2, 0.25) is 0 Å². The molecule has 0 aliphatic carbocycles. The number of ketones is 1. The molecule has 1 amide bonds. The molecule has 8 heteroatoms. The van der Waals surface area contributed by atoms with Gasteiger partial charge in [0, 0.05) is 13.2 Å². The molecule has 1 saturated heterocycles. The molecule has 0 saturated carbocycles. The number of methoxy groups -OCH3 is 1. The van der Waals surface area contributed by atoms with Gasteiger partial charge in [0.1, 0.15) is 0 Å². The molecule has 156 valence electrons. The van der Waals surface area contributed by atoms with Crippen molar-refractivity contribution in [3.05, 3.63) is 70.9 Å². The van der Waals surface area contributed by atoms with E-state index in [1.807, 2.05) is 0 Å². The van der Waals surface area contributed by atoms with Crippen LogP contribution in [0.15, 0.2) is 58.4 Å². The monoisotopic (exact) mass is 411 g/mol. The molecule has 2 atom stereocenters. The van der Waals surface area contributed by atoms with Crippen LogP contribution in [-0.4, -0.2) is 54.0 Å². The fourth-order valence-electron chi connectivity index (χ4n) is 3.89. The zero-order valence-corrected chi connectivity index (χ0v) is 16.4. The van der Waals surface area contributed by atoms with Gasteiger partial charge in [0.2, 0.25) is 5.78 Å². The van der Waals surface area contributed by atoms with E-state index in [1.54, 1.807) is 30.3 Å². The number of Topliss-reactive ketones (excluding diaryl/α,β-unsaturated/α-hetero) is 1. The second kappa shape index (κ2) is 8.16. The Bertz CT molecular complexity index is 985. The highest BCUT2D eigenvalue weighted by Gasteiger charge is 2.45. The van der Waals surface area contributed by atoms with Crippen LogP contribution in [-0.2, 0) is 14.3 Å². The Morgan fingerprint density at radius 3 is 2.60 bits per heavy atom. The summed E-state index contributed by atoms with van der Waals surface area (Å²) in [6.45, 7) is 0.851. The lowest BCUT2D eigenvalue weighted by molar-refractivity contribution is -0.131. The molecule has 1 N–H and O–H groups in total. The second-order valence-electron chi connectivity index (χ2n) is 7.18. The summed E-state index contributed by atoms with van der Waals surface area (Å²) in [4.78, 5) is 39.1. The number of amides is 1. The smallest absolute Gasteiger partial charge is 0.337 e. The molecule has 1 aromatic heterocycles. The highest BCUT2D eigenvalue weighted by Crippen LogP contribution is 2.39. The molecule has 0 unspecified atom stereocenters. The summed E-state index contributed by atoms with van der Waals surface area (Å²) in [5, 5.41) is 10.6. The normalized spacial score (nSPS) is 21.4. The zero-order chi connectivity index (χ0) is 21.3. The highest BCUT2D eigenvalue weighted by molar-refractivity contribution is 6.15. The number of hydrogen-bond acceptors (Lipinski definition) is 7. The summed E-state index contributed by atoms with van der Waals surface area (Å²) >= 11 is 0. The summed E-state index contributed by atoms with van der Waals surface area (Å²) < 4.78 is 15.6. The lowest BCUT2D eigenvalue weighted by Gasteiger charge is -2.28. The quantitative estimate of drug-likeness (QED) is 0.575. The fraction of sp³-hybridized carbons (Fsp3) is 0.318. The molecule has 0 spiro atoms. The number of carbonyl (C=O) groups is 3. The number of aliphatic hydroxyl groups excluding tert-OH is 1. The number of hydrogen-bond donors (Lipinski definition) is 1. The minimum Gasteiger partial charge on any atom is -0.503 e. The average molecular weight is 411 g/mol. The van der Waals surface area contributed by atoms with Crippen molar-refractivity contribution in [2.75, 3.05) is 20.3 Å². The number of aliphatic hydroxyl groups is 1. The first-order chi connectivity index (χ1) is 14.5. The minimum atomic E-state index is -0.828. The van der Waals surface area contributed by atoms with Crippen molar-refractivity contribution in [2.45, 2.75) is 25.0 Å². The third kappa shape index (κ3) is 3.50. The number of esters is 1. The molecule has 0 radical (unpaired) electrons. The number of carbonyl (C=O) groups excluding carboxylic acids is 3. The van der Waals surface area contributed by atoms with Gasteiger partial charge in [-0.3, -0.25) is 9.59 Å². The van der Waals surface area contributed by atoms with Crippen LogP contribution in [0.4, 0.5) is 0 Å². The van der Waals surface area contributed by atoms with Gasteiger partial charge in [-0.25, -0.2) is 4.79 Å².